The van der Waals surface area contributed by atoms with E-state index < -0.39 is 5.60 Å². The van der Waals surface area contributed by atoms with E-state index >= 15 is 0 Å². The molecule has 0 radical (unpaired) electrons. The highest BCUT2D eigenvalue weighted by molar-refractivity contribution is 6.03. The van der Waals surface area contributed by atoms with E-state index in [1.807, 2.05) is 39.8 Å². The zero-order valence-electron chi connectivity index (χ0n) is 17.3. The average molecular weight is 391 g/mol. The minimum Gasteiger partial charge on any atom is -0.506 e. The predicted molar refractivity (Wildman–Crippen MR) is 117 cm³/mol. The maximum absolute atomic E-state index is 13.4. The van der Waals surface area contributed by atoms with Gasteiger partial charge in [-0.05, 0) is 58.4 Å². The van der Waals surface area contributed by atoms with Crippen molar-refractivity contribution in [2.24, 2.45) is 7.05 Å². The zero-order valence-corrected chi connectivity index (χ0v) is 17.3. The molecule has 0 saturated carbocycles. The Balaban J connectivity index is 2.27. The molecule has 0 fully saturated rings. The van der Waals surface area contributed by atoms with Crippen LogP contribution in [0.5, 0.6) is 17.2 Å². The van der Waals surface area contributed by atoms with Crippen molar-refractivity contribution in [2.45, 2.75) is 39.7 Å². The second-order valence-electron chi connectivity index (χ2n) is 8.38. The molecular weight excluding hydrogens is 366 g/mol. The third-order valence-corrected chi connectivity index (χ3v) is 5.42. The molecule has 0 aliphatic carbocycles. The number of pyridine rings is 1. The van der Waals surface area contributed by atoms with Crippen molar-refractivity contribution in [3.8, 4) is 17.2 Å². The average Bonchev–Trinajstić information content (AvgIpc) is 2.64. The molecule has 0 saturated heterocycles. The lowest BCUT2D eigenvalue weighted by Crippen LogP contribution is -2.28. The van der Waals surface area contributed by atoms with Gasteiger partial charge in [0, 0.05) is 12.6 Å². The minimum absolute atomic E-state index is 0.0236. The molecule has 150 valence electrons. The molecule has 0 bridgehead atoms. The van der Waals surface area contributed by atoms with Crippen LogP contribution >= 0.6 is 0 Å². The van der Waals surface area contributed by atoms with Gasteiger partial charge in [0.05, 0.1) is 27.4 Å². The quantitative estimate of drug-likeness (QED) is 0.486. The van der Waals surface area contributed by atoms with E-state index in [4.69, 9.17) is 4.74 Å². The molecule has 1 aliphatic heterocycles. The molecule has 5 nitrogen and oxygen atoms in total. The van der Waals surface area contributed by atoms with Gasteiger partial charge in [0.15, 0.2) is 0 Å². The second-order valence-corrected chi connectivity index (χ2v) is 8.38. The molecule has 2 N–H and O–H groups in total. The number of hydrogen-bond acceptors (Lipinski definition) is 4. The third-order valence-electron chi connectivity index (χ3n) is 5.42. The Morgan fingerprint density at radius 2 is 1.93 bits per heavy atom. The minimum atomic E-state index is -0.537. The van der Waals surface area contributed by atoms with Crippen LogP contribution in [0.25, 0.3) is 27.9 Å². The molecule has 3 aromatic rings. The number of benzene rings is 2. The molecule has 0 unspecified atom stereocenters. The largest absolute Gasteiger partial charge is 0.506 e. The smallest absolute Gasteiger partial charge is 0.201 e. The summed E-state index contributed by atoms with van der Waals surface area (Å²) in [6, 6.07) is 4.86. The summed E-state index contributed by atoms with van der Waals surface area (Å²) in [4.78, 5) is 13.4. The highest BCUT2D eigenvalue weighted by atomic mass is 16.5. The number of fused-ring (bicyclic) bond motifs is 3. The number of para-hydroxylation sites is 1. The van der Waals surface area contributed by atoms with Crippen molar-refractivity contribution in [3.63, 3.8) is 0 Å². The van der Waals surface area contributed by atoms with Crippen LogP contribution in [0.15, 0.2) is 40.7 Å². The number of phenolic OH excluding ortho intramolecular Hbond substituents is 2. The maximum atomic E-state index is 13.4. The van der Waals surface area contributed by atoms with Crippen LogP contribution in [0.1, 0.15) is 38.8 Å². The summed E-state index contributed by atoms with van der Waals surface area (Å²) in [5.74, 6) is 0.508. The Bertz CT molecular complexity index is 1290. The van der Waals surface area contributed by atoms with Crippen molar-refractivity contribution in [2.75, 3.05) is 0 Å². The fourth-order valence-corrected chi connectivity index (χ4v) is 4.02. The third kappa shape index (κ3) is 2.89. The topological polar surface area (TPSA) is 71.7 Å². The molecule has 2 heterocycles. The van der Waals surface area contributed by atoms with Gasteiger partial charge in [-0.2, -0.15) is 0 Å². The number of phenols is 2. The number of allylic oxidation sites excluding steroid dienone is 2. The first-order chi connectivity index (χ1) is 13.6. The van der Waals surface area contributed by atoms with Crippen LogP contribution in [-0.2, 0) is 13.5 Å². The zero-order chi connectivity index (χ0) is 21.1. The Kier molecular flexibility index (Phi) is 4.23. The number of rotatable bonds is 2. The molecule has 4 rings (SSSR count). The number of hydrogen-bond donors (Lipinski definition) is 2. The first-order valence-electron chi connectivity index (χ1n) is 9.66. The van der Waals surface area contributed by atoms with E-state index in [9.17, 15) is 15.0 Å². The fraction of sp³-hybridized carbons (Fsp3) is 0.292. The van der Waals surface area contributed by atoms with Gasteiger partial charge in [0.2, 0.25) is 5.43 Å². The molecule has 2 aromatic carbocycles. The number of aromatic hydroxyl groups is 2. The van der Waals surface area contributed by atoms with Crippen LogP contribution < -0.4 is 10.2 Å². The Morgan fingerprint density at radius 3 is 2.62 bits per heavy atom. The number of aryl methyl sites for hydroxylation is 1. The van der Waals surface area contributed by atoms with Gasteiger partial charge in [-0.3, -0.25) is 4.79 Å². The number of aromatic nitrogens is 1. The van der Waals surface area contributed by atoms with Gasteiger partial charge in [-0.15, -0.1) is 0 Å². The lowest BCUT2D eigenvalue weighted by atomic mass is 9.93. The predicted octanol–water partition coefficient (Wildman–Crippen LogP) is 4.80. The summed E-state index contributed by atoms with van der Waals surface area (Å²) < 4.78 is 8.04. The molecule has 0 spiro atoms. The molecule has 1 aliphatic rings. The molecule has 29 heavy (non-hydrogen) atoms. The van der Waals surface area contributed by atoms with Gasteiger partial charge in [0.25, 0.3) is 0 Å². The van der Waals surface area contributed by atoms with E-state index in [-0.39, 0.29) is 22.3 Å². The second kappa shape index (κ2) is 6.41. The van der Waals surface area contributed by atoms with Crippen LogP contribution in [0.3, 0.4) is 0 Å². The van der Waals surface area contributed by atoms with E-state index in [2.05, 4.69) is 6.08 Å². The van der Waals surface area contributed by atoms with Crippen LogP contribution in [-0.4, -0.2) is 20.4 Å². The summed E-state index contributed by atoms with van der Waals surface area (Å²) >= 11 is 0. The van der Waals surface area contributed by atoms with Crippen molar-refractivity contribution < 1.29 is 14.9 Å². The van der Waals surface area contributed by atoms with Crippen LogP contribution in [0.4, 0.5) is 0 Å². The lowest BCUT2D eigenvalue weighted by molar-refractivity contribution is 0.157. The van der Waals surface area contributed by atoms with Crippen LogP contribution in [0.2, 0.25) is 0 Å². The fourth-order valence-electron chi connectivity index (χ4n) is 4.02. The first kappa shape index (κ1) is 19.1. The molecule has 0 amide bonds. The molecule has 1 aromatic heterocycles. The van der Waals surface area contributed by atoms with Gasteiger partial charge in [0.1, 0.15) is 22.8 Å². The molecule has 5 heteroatoms. The van der Waals surface area contributed by atoms with E-state index in [0.717, 1.165) is 11.1 Å². The summed E-state index contributed by atoms with van der Waals surface area (Å²) in [6.07, 6.45) is 6.31. The van der Waals surface area contributed by atoms with E-state index in [1.54, 1.807) is 29.8 Å². The van der Waals surface area contributed by atoms with Crippen molar-refractivity contribution in [3.05, 3.63) is 57.3 Å². The lowest BCUT2D eigenvalue weighted by Gasteiger charge is -2.31. The van der Waals surface area contributed by atoms with Gasteiger partial charge < -0.3 is 19.5 Å². The summed E-state index contributed by atoms with van der Waals surface area (Å²) in [7, 11) is 1.80. The maximum Gasteiger partial charge on any atom is 0.201 e. The summed E-state index contributed by atoms with van der Waals surface area (Å²) in [6.45, 7) is 7.92. The normalized spacial score (nSPS) is 14.7. The first-order valence-corrected chi connectivity index (χ1v) is 9.66. The summed E-state index contributed by atoms with van der Waals surface area (Å²) in [5, 5.41) is 22.1. The number of ether oxygens (including phenoxy) is 1. The van der Waals surface area contributed by atoms with Gasteiger partial charge >= 0.3 is 0 Å². The van der Waals surface area contributed by atoms with Crippen molar-refractivity contribution in [1.29, 1.82) is 0 Å². The monoisotopic (exact) mass is 391 g/mol. The molecule has 0 atom stereocenters. The number of nitrogens with zero attached hydrogens (tertiary/aromatic N) is 1. The van der Waals surface area contributed by atoms with Gasteiger partial charge in [-0.1, -0.05) is 17.7 Å². The highest BCUT2D eigenvalue weighted by Gasteiger charge is 2.30. The standard InChI is InChI=1S/C24H25NO4/c1-13(2)9-10-15-20-18(22(28)16-11-12-24(3,4)29-23(15)16)21(27)14-7-6-8-17(26)19(14)25(20)5/h6-9,11-12,26,28H,10H2,1-5H3. The Hall–Kier alpha value is -3.21. The van der Waals surface area contributed by atoms with E-state index in [0.29, 0.717) is 34.2 Å². The Labute approximate surface area is 169 Å². The van der Waals surface area contributed by atoms with Crippen molar-refractivity contribution in [1.82, 2.24) is 4.57 Å². The summed E-state index contributed by atoms with van der Waals surface area (Å²) in [5.41, 5.74) is 2.64. The van der Waals surface area contributed by atoms with Crippen molar-refractivity contribution >= 4 is 27.9 Å². The highest BCUT2D eigenvalue weighted by Crippen LogP contribution is 2.45. The van der Waals surface area contributed by atoms with Crippen LogP contribution in [0, 0.1) is 0 Å². The Morgan fingerprint density at radius 1 is 1.21 bits per heavy atom. The molecular formula is C24H25NO4. The van der Waals surface area contributed by atoms with E-state index in [1.165, 1.54) is 0 Å². The van der Waals surface area contributed by atoms with Gasteiger partial charge in [-0.25, -0.2) is 0 Å². The SMILES string of the molecule is CC(C)=CCc1c2c(c(O)c3c(=O)c4cccc(O)c4n(C)c13)C=CC(C)(C)O2.